The smallest absolute Gasteiger partial charge is 0.267 e. The zero-order chi connectivity index (χ0) is 8.55. The van der Waals surface area contributed by atoms with E-state index in [0.29, 0.717) is 9.99 Å². The van der Waals surface area contributed by atoms with Gasteiger partial charge in [0.1, 0.15) is 4.60 Å². The summed E-state index contributed by atoms with van der Waals surface area (Å²) in [5.41, 5.74) is -0.221. The average Bonchev–Trinajstić information content (AvgIpc) is 2.12. The van der Waals surface area contributed by atoms with Gasteiger partial charge in [-0.15, -0.1) is 0 Å². The van der Waals surface area contributed by atoms with Crippen LogP contribution in [0.5, 0.6) is 0 Å². The number of aromatic nitrogens is 3. The molecular weight excluding hydrogens is 222 g/mol. The van der Waals surface area contributed by atoms with Crippen LogP contribution in [-0.2, 0) is 0 Å². The van der Waals surface area contributed by atoms with E-state index in [2.05, 4.69) is 31.1 Å². The first-order chi connectivity index (χ1) is 5.79. The molecule has 0 aliphatic carbocycles. The summed E-state index contributed by atoms with van der Waals surface area (Å²) in [7, 11) is 0. The van der Waals surface area contributed by atoms with Crippen molar-refractivity contribution in [3.8, 4) is 0 Å². The number of H-pyrrole nitrogens is 1. The maximum absolute atomic E-state index is 11.2. The standard InChI is InChI=1S/C7H4BrN3O/c8-6-4-1-2-9-3-5(4)7(12)11-10-6/h1-3H,(H,11,12). The fourth-order valence-electron chi connectivity index (χ4n) is 0.976. The van der Waals surface area contributed by atoms with E-state index in [1.165, 1.54) is 6.20 Å². The molecule has 0 amide bonds. The molecule has 0 spiro atoms. The SMILES string of the molecule is O=c1[nH]nc(Br)c2ccncc12. The highest BCUT2D eigenvalue weighted by Gasteiger charge is 2.01. The number of aromatic amines is 1. The lowest BCUT2D eigenvalue weighted by atomic mass is 10.3. The van der Waals surface area contributed by atoms with Crippen molar-refractivity contribution in [2.75, 3.05) is 0 Å². The van der Waals surface area contributed by atoms with Gasteiger partial charge in [-0.2, -0.15) is 5.10 Å². The Labute approximate surface area is 75.8 Å². The van der Waals surface area contributed by atoms with Crippen molar-refractivity contribution in [3.05, 3.63) is 33.4 Å². The van der Waals surface area contributed by atoms with Crippen molar-refractivity contribution in [1.29, 1.82) is 0 Å². The molecule has 0 bridgehead atoms. The summed E-state index contributed by atoms with van der Waals surface area (Å²) in [5, 5.41) is 7.42. The number of nitrogens with zero attached hydrogens (tertiary/aromatic N) is 2. The first-order valence-corrected chi connectivity index (χ1v) is 4.06. The fourth-order valence-corrected chi connectivity index (χ4v) is 1.41. The summed E-state index contributed by atoms with van der Waals surface area (Å²) in [5.74, 6) is 0. The van der Waals surface area contributed by atoms with E-state index in [1.54, 1.807) is 12.3 Å². The van der Waals surface area contributed by atoms with Crippen LogP contribution in [-0.4, -0.2) is 15.2 Å². The van der Waals surface area contributed by atoms with E-state index in [1.807, 2.05) is 0 Å². The number of fused-ring (bicyclic) bond motifs is 1. The summed E-state index contributed by atoms with van der Waals surface area (Å²) >= 11 is 3.22. The molecule has 1 N–H and O–H groups in total. The van der Waals surface area contributed by atoms with Crippen LogP contribution < -0.4 is 5.56 Å². The number of nitrogens with one attached hydrogen (secondary N) is 1. The molecule has 5 heteroatoms. The topological polar surface area (TPSA) is 58.6 Å². The van der Waals surface area contributed by atoms with Crippen molar-refractivity contribution in [2.24, 2.45) is 0 Å². The molecule has 0 atom stereocenters. The third-order valence-corrected chi connectivity index (χ3v) is 2.15. The Bertz CT molecular complexity index is 479. The summed E-state index contributed by atoms with van der Waals surface area (Å²) in [6, 6.07) is 1.74. The largest absolute Gasteiger partial charge is 0.273 e. The molecule has 2 aromatic heterocycles. The normalized spacial score (nSPS) is 10.4. The highest BCUT2D eigenvalue weighted by atomic mass is 79.9. The predicted octanol–water partition coefficient (Wildman–Crippen LogP) is 1.08. The Morgan fingerprint density at radius 1 is 1.42 bits per heavy atom. The quantitative estimate of drug-likeness (QED) is 0.731. The van der Waals surface area contributed by atoms with Gasteiger partial charge >= 0.3 is 0 Å². The molecule has 12 heavy (non-hydrogen) atoms. The Balaban J connectivity index is 3.05. The summed E-state index contributed by atoms with van der Waals surface area (Å²) < 4.78 is 0.625. The molecule has 0 saturated carbocycles. The Morgan fingerprint density at radius 2 is 2.25 bits per heavy atom. The maximum atomic E-state index is 11.2. The molecule has 2 rings (SSSR count). The number of hydrogen-bond acceptors (Lipinski definition) is 3. The average molecular weight is 226 g/mol. The van der Waals surface area contributed by atoms with Gasteiger partial charge in [-0.1, -0.05) is 0 Å². The Morgan fingerprint density at radius 3 is 3.00 bits per heavy atom. The number of hydrogen-bond donors (Lipinski definition) is 1. The van der Waals surface area contributed by atoms with Gasteiger partial charge in [0.2, 0.25) is 0 Å². The second-order valence-electron chi connectivity index (χ2n) is 2.26. The van der Waals surface area contributed by atoms with Gasteiger partial charge in [0.25, 0.3) is 5.56 Å². The van der Waals surface area contributed by atoms with Gasteiger partial charge in [0, 0.05) is 17.8 Å². The molecule has 60 valence electrons. The van der Waals surface area contributed by atoms with E-state index in [4.69, 9.17) is 0 Å². The lowest BCUT2D eigenvalue weighted by molar-refractivity contribution is 0.988. The zero-order valence-corrected chi connectivity index (χ0v) is 7.50. The number of rotatable bonds is 0. The minimum Gasteiger partial charge on any atom is -0.267 e. The second-order valence-corrected chi connectivity index (χ2v) is 3.02. The van der Waals surface area contributed by atoms with Crippen LogP contribution in [0.3, 0.4) is 0 Å². The minimum absolute atomic E-state index is 0.221. The molecule has 4 nitrogen and oxygen atoms in total. The van der Waals surface area contributed by atoms with E-state index >= 15 is 0 Å². The maximum Gasteiger partial charge on any atom is 0.273 e. The van der Waals surface area contributed by atoms with E-state index < -0.39 is 0 Å². The lowest BCUT2D eigenvalue weighted by Gasteiger charge is -1.95. The van der Waals surface area contributed by atoms with Crippen molar-refractivity contribution < 1.29 is 0 Å². The summed E-state index contributed by atoms with van der Waals surface area (Å²) in [6.45, 7) is 0. The number of halogens is 1. The van der Waals surface area contributed by atoms with Crippen molar-refractivity contribution in [1.82, 2.24) is 15.2 Å². The molecule has 0 aliphatic rings. The fraction of sp³-hybridized carbons (Fsp3) is 0. The molecule has 2 aromatic rings. The second kappa shape index (κ2) is 2.67. The van der Waals surface area contributed by atoms with E-state index in [-0.39, 0.29) is 5.56 Å². The lowest BCUT2D eigenvalue weighted by Crippen LogP contribution is -2.08. The highest BCUT2D eigenvalue weighted by Crippen LogP contribution is 2.15. The first kappa shape index (κ1) is 7.42. The van der Waals surface area contributed by atoms with Crippen molar-refractivity contribution in [2.45, 2.75) is 0 Å². The van der Waals surface area contributed by atoms with Gasteiger partial charge in [-0.3, -0.25) is 9.78 Å². The van der Waals surface area contributed by atoms with Gasteiger partial charge in [0.15, 0.2) is 0 Å². The molecule has 0 aromatic carbocycles. The van der Waals surface area contributed by atoms with Crippen LogP contribution >= 0.6 is 15.9 Å². The molecule has 0 fully saturated rings. The van der Waals surface area contributed by atoms with Gasteiger partial charge in [0.05, 0.1) is 5.39 Å². The highest BCUT2D eigenvalue weighted by molar-refractivity contribution is 9.10. The third kappa shape index (κ3) is 1.02. The molecule has 0 radical (unpaired) electrons. The molecule has 0 saturated heterocycles. The molecular formula is C7H4BrN3O. The third-order valence-electron chi connectivity index (χ3n) is 1.54. The van der Waals surface area contributed by atoms with Gasteiger partial charge in [-0.05, 0) is 22.0 Å². The Hall–Kier alpha value is -1.23. The summed E-state index contributed by atoms with van der Waals surface area (Å²) in [4.78, 5) is 15.0. The minimum atomic E-state index is -0.221. The number of pyridine rings is 1. The van der Waals surface area contributed by atoms with Crippen LogP contribution in [0.15, 0.2) is 27.9 Å². The first-order valence-electron chi connectivity index (χ1n) is 3.27. The molecule has 2 heterocycles. The monoisotopic (exact) mass is 225 g/mol. The molecule has 0 unspecified atom stereocenters. The van der Waals surface area contributed by atoms with Gasteiger partial charge in [-0.25, -0.2) is 5.10 Å². The van der Waals surface area contributed by atoms with Crippen LogP contribution in [0.1, 0.15) is 0 Å². The van der Waals surface area contributed by atoms with E-state index in [9.17, 15) is 4.79 Å². The van der Waals surface area contributed by atoms with Crippen LogP contribution in [0.25, 0.3) is 10.8 Å². The van der Waals surface area contributed by atoms with Crippen LogP contribution in [0.4, 0.5) is 0 Å². The Kier molecular flexibility index (Phi) is 1.65. The predicted molar refractivity (Wildman–Crippen MR) is 47.9 cm³/mol. The van der Waals surface area contributed by atoms with Gasteiger partial charge < -0.3 is 0 Å². The van der Waals surface area contributed by atoms with Crippen molar-refractivity contribution in [3.63, 3.8) is 0 Å². The zero-order valence-electron chi connectivity index (χ0n) is 5.91. The van der Waals surface area contributed by atoms with E-state index in [0.717, 1.165) is 5.39 Å². The van der Waals surface area contributed by atoms with Crippen LogP contribution in [0.2, 0.25) is 0 Å². The molecule has 0 aliphatic heterocycles. The summed E-state index contributed by atoms with van der Waals surface area (Å²) in [6.07, 6.45) is 3.13. The van der Waals surface area contributed by atoms with Crippen LogP contribution in [0, 0.1) is 0 Å². The van der Waals surface area contributed by atoms with Crippen molar-refractivity contribution >= 4 is 26.7 Å².